The lowest BCUT2D eigenvalue weighted by Gasteiger charge is -2.32. The zero-order valence-corrected chi connectivity index (χ0v) is 15.1. The molecule has 0 unspecified atom stereocenters. The largest absolute Gasteiger partial charge is 0.450 e. The SMILES string of the molecule is CCOC(=O)N1CCC(Nc2ccc(Cl)cc2N=C(N)CCl)CC1. The lowest BCUT2D eigenvalue weighted by molar-refractivity contribution is 0.0983. The number of carbonyl (C=O) groups excluding carboxylic acids is 1. The van der Waals surface area contributed by atoms with Crippen molar-refractivity contribution in [2.24, 2.45) is 10.7 Å². The van der Waals surface area contributed by atoms with Crippen molar-refractivity contribution in [1.82, 2.24) is 4.90 Å². The number of benzene rings is 1. The second-order valence-corrected chi connectivity index (χ2v) is 6.21. The van der Waals surface area contributed by atoms with Crippen LogP contribution in [0.2, 0.25) is 5.02 Å². The van der Waals surface area contributed by atoms with Crippen LogP contribution < -0.4 is 11.1 Å². The first kappa shape index (κ1) is 18.7. The number of amidine groups is 1. The number of nitrogens with zero attached hydrogens (tertiary/aromatic N) is 2. The maximum Gasteiger partial charge on any atom is 0.409 e. The molecule has 0 aliphatic carbocycles. The van der Waals surface area contributed by atoms with Gasteiger partial charge in [-0.3, -0.25) is 0 Å². The summed E-state index contributed by atoms with van der Waals surface area (Å²) in [5.74, 6) is 0.489. The van der Waals surface area contributed by atoms with E-state index in [9.17, 15) is 4.79 Å². The van der Waals surface area contributed by atoms with E-state index < -0.39 is 0 Å². The Morgan fingerprint density at radius 2 is 2.17 bits per heavy atom. The van der Waals surface area contributed by atoms with Gasteiger partial charge in [0.1, 0.15) is 5.84 Å². The van der Waals surface area contributed by atoms with Crippen LogP contribution >= 0.6 is 23.2 Å². The molecule has 0 atom stereocenters. The maximum atomic E-state index is 11.7. The van der Waals surface area contributed by atoms with Gasteiger partial charge in [0.25, 0.3) is 0 Å². The molecule has 2 rings (SSSR count). The van der Waals surface area contributed by atoms with Gasteiger partial charge in [-0.15, -0.1) is 11.6 Å². The molecule has 0 bridgehead atoms. The highest BCUT2D eigenvalue weighted by Crippen LogP contribution is 2.30. The molecule has 1 aliphatic heterocycles. The van der Waals surface area contributed by atoms with Gasteiger partial charge in [0.05, 0.1) is 23.9 Å². The lowest BCUT2D eigenvalue weighted by Crippen LogP contribution is -2.42. The molecule has 0 aromatic heterocycles. The molecule has 0 saturated carbocycles. The molecular weight excluding hydrogens is 351 g/mol. The van der Waals surface area contributed by atoms with Gasteiger partial charge in [-0.2, -0.15) is 0 Å². The Kier molecular flexibility index (Phi) is 6.99. The molecular formula is C16H22Cl2N4O2. The highest BCUT2D eigenvalue weighted by atomic mass is 35.5. The van der Waals surface area contributed by atoms with Crippen LogP contribution in [0.25, 0.3) is 0 Å². The van der Waals surface area contributed by atoms with E-state index in [0.717, 1.165) is 18.5 Å². The monoisotopic (exact) mass is 372 g/mol. The van der Waals surface area contributed by atoms with Crippen molar-refractivity contribution >= 4 is 46.5 Å². The summed E-state index contributed by atoms with van der Waals surface area (Å²) in [5, 5.41) is 4.04. The Morgan fingerprint density at radius 3 is 2.79 bits per heavy atom. The van der Waals surface area contributed by atoms with Gasteiger partial charge in [0, 0.05) is 24.2 Å². The number of carbonyl (C=O) groups is 1. The van der Waals surface area contributed by atoms with Crippen LogP contribution in [-0.4, -0.2) is 48.4 Å². The number of halogens is 2. The minimum atomic E-state index is -0.248. The Morgan fingerprint density at radius 1 is 1.46 bits per heavy atom. The predicted octanol–water partition coefficient (Wildman–Crippen LogP) is 3.60. The number of piperidine rings is 1. The third-order valence-corrected chi connectivity index (χ3v) is 4.25. The van der Waals surface area contributed by atoms with Gasteiger partial charge in [-0.1, -0.05) is 11.6 Å². The van der Waals surface area contributed by atoms with E-state index in [0.29, 0.717) is 36.2 Å². The van der Waals surface area contributed by atoms with Crippen molar-refractivity contribution in [3.05, 3.63) is 23.2 Å². The highest BCUT2D eigenvalue weighted by Gasteiger charge is 2.23. The molecule has 1 amide bonds. The van der Waals surface area contributed by atoms with E-state index in [4.69, 9.17) is 33.7 Å². The highest BCUT2D eigenvalue weighted by molar-refractivity contribution is 6.31. The standard InChI is InChI=1S/C16H22Cl2N4O2/c1-2-24-16(23)22-7-5-12(6-8-22)20-13-4-3-11(18)9-14(13)21-15(19)10-17/h3-4,9,12,20H,2,5-8,10H2,1H3,(H2,19,21). The van der Waals surface area contributed by atoms with Crippen LogP contribution in [0.1, 0.15) is 19.8 Å². The molecule has 1 aromatic carbocycles. The van der Waals surface area contributed by atoms with Gasteiger partial charge in [0.15, 0.2) is 0 Å². The van der Waals surface area contributed by atoms with Crippen molar-refractivity contribution in [3.8, 4) is 0 Å². The number of hydrogen-bond donors (Lipinski definition) is 2. The zero-order chi connectivity index (χ0) is 17.5. The zero-order valence-electron chi connectivity index (χ0n) is 13.6. The number of likely N-dealkylation sites (tertiary alicyclic amines) is 1. The minimum absolute atomic E-state index is 0.157. The molecule has 1 saturated heterocycles. The second-order valence-electron chi connectivity index (χ2n) is 5.50. The molecule has 24 heavy (non-hydrogen) atoms. The second kappa shape index (κ2) is 8.99. The first-order valence-electron chi connectivity index (χ1n) is 7.90. The Hall–Kier alpha value is -1.66. The van der Waals surface area contributed by atoms with Crippen LogP contribution in [-0.2, 0) is 4.74 Å². The average Bonchev–Trinajstić information content (AvgIpc) is 2.58. The molecule has 3 N–H and O–H groups in total. The van der Waals surface area contributed by atoms with E-state index in [1.54, 1.807) is 24.0 Å². The van der Waals surface area contributed by atoms with Crippen LogP contribution in [0.3, 0.4) is 0 Å². The fourth-order valence-corrected chi connectivity index (χ4v) is 2.77. The van der Waals surface area contributed by atoms with Crippen LogP contribution in [0.4, 0.5) is 16.2 Å². The lowest BCUT2D eigenvalue weighted by atomic mass is 10.0. The fraction of sp³-hybridized carbons (Fsp3) is 0.500. The average molecular weight is 373 g/mol. The molecule has 1 heterocycles. The number of nitrogens with one attached hydrogen (secondary N) is 1. The molecule has 0 radical (unpaired) electrons. The summed E-state index contributed by atoms with van der Waals surface area (Å²) < 4.78 is 5.03. The maximum absolute atomic E-state index is 11.7. The minimum Gasteiger partial charge on any atom is -0.450 e. The van der Waals surface area contributed by atoms with Gasteiger partial charge in [0.2, 0.25) is 0 Å². The first-order chi connectivity index (χ1) is 11.5. The summed E-state index contributed by atoms with van der Waals surface area (Å²) in [6.07, 6.45) is 1.41. The molecule has 8 heteroatoms. The van der Waals surface area contributed by atoms with E-state index in [2.05, 4.69) is 10.3 Å². The van der Waals surface area contributed by atoms with E-state index in [-0.39, 0.29) is 18.0 Å². The normalized spacial score (nSPS) is 16.1. The summed E-state index contributed by atoms with van der Waals surface area (Å²) in [5.41, 5.74) is 7.24. The predicted molar refractivity (Wildman–Crippen MR) is 98.7 cm³/mol. The third-order valence-electron chi connectivity index (χ3n) is 3.74. The van der Waals surface area contributed by atoms with E-state index in [1.807, 2.05) is 6.07 Å². The number of hydrogen-bond acceptors (Lipinski definition) is 4. The quantitative estimate of drug-likeness (QED) is 0.470. The molecule has 0 spiro atoms. The molecule has 132 valence electrons. The summed E-state index contributed by atoms with van der Waals surface area (Å²) in [4.78, 5) is 17.8. The third kappa shape index (κ3) is 5.18. The summed E-state index contributed by atoms with van der Waals surface area (Å²) in [6, 6.07) is 5.66. The topological polar surface area (TPSA) is 80.0 Å². The van der Waals surface area contributed by atoms with Gasteiger partial charge in [-0.25, -0.2) is 9.79 Å². The van der Waals surface area contributed by atoms with Gasteiger partial charge >= 0.3 is 6.09 Å². The first-order valence-corrected chi connectivity index (χ1v) is 8.81. The van der Waals surface area contributed by atoms with Gasteiger partial charge < -0.3 is 20.7 Å². The van der Waals surface area contributed by atoms with Crippen LogP contribution in [0, 0.1) is 0 Å². The Balaban J connectivity index is 2.01. The number of nitrogens with two attached hydrogens (primary N) is 1. The molecule has 6 nitrogen and oxygen atoms in total. The number of amides is 1. The molecule has 1 aliphatic rings. The summed E-state index contributed by atoms with van der Waals surface area (Å²) >= 11 is 11.7. The van der Waals surface area contributed by atoms with Crippen molar-refractivity contribution < 1.29 is 9.53 Å². The smallest absolute Gasteiger partial charge is 0.409 e. The summed E-state index contributed by atoms with van der Waals surface area (Å²) in [7, 11) is 0. The number of alkyl halides is 1. The van der Waals surface area contributed by atoms with Gasteiger partial charge in [-0.05, 0) is 38.0 Å². The molecule has 1 aromatic rings. The number of aliphatic imine (C=N–C) groups is 1. The fourth-order valence-electron chi connectivity index (χ4n) is 2.55. The summed E-state index contributed by atoms with van der Waals surface area (Å²) in [6.45, 7) is 3.52. The number of rotatable bonds is 5. The van der Waals surface area contributed by atoms with Crippen molar-refractivity contribution in [1.29, 1.82) is 0 Å². The van der Waals surface area contributed by atoms with E-state index >= 15 is 0 Å². The number of ether oxygens (including phenoxy) is 1. The van der Waals surface area contributed by atoms with Crippen LogP contribution in [0.5, 0.6) is 0 Å². The van der Waals surface area contributed by atoms with Crippen molar-refractivity contribution in [2.45, 2.75) is 25.8 Å². The van der Waals surface area contributed by atoms with E-state index in [1.165, 1.54) is 0 Å². The van der Waals surface area contributed by atoms with Crippen LogP contribution in [0.15, 0.2) is 23.2 Å². The van der Waals surface area contributed by atoms with Crippen molar-refractivity contribution in [2.75, 3.05) is 30.9 Å². The Bertz CT molecular complexity index is 602. The number of anilines is 1. The Labute approximate surface area is 152 Å². The molecule has 1 fully saturated rings. The van der Waals surface area contributed by atoms with Crippen molar-refractivity contribution in [3.63, 3.8) is 0 Å².